The van der Waals surface area contributed by atoms with Crippen LogP contribution in [0.15, 0.2) is 28.7 Å². The van der Waals surface area contributed by atoms with Crippen LogP contribution in [0.25, 0.3) is 0 Å². The van der Waals surface area contributed by atoms with Gasteiger partial charge in [0.2, 0.25) is 0 Å². The Bertz CT molecular complexity index is 423. The molecule has 0 aliphatic heterocycles. The average molecular weight is 345 g/mol. The Morgan fingerprint density at radius 1 is 1.35 bits per heavy atom. The first-order valence-corrected chi connectivity index (χ1v) is 7.31. The number of rotatable bonds is 6. The fourth-order valence-electron chi connectivity index (χ4n) is 1.73. The Balaban J connectivity index is 2.59. The molecule has 0 fully saturated rings. The van der Waals surface area contributed by atoms with E-state index in [1.54, 1.807) is 13.8 Å². The number of halogens is 1. The van der Waals surface area contributed by atoms with Gasteiger partial charge in [-0.1, -0.05) is 28.1 Å². The molecule has 0 heterocycles. The van der Waals surface area contributed by atoms with Gasteiger partial charge < -0.3 is 20.4 Å². The van der Waals surface area contributed by atoms with E-state index in [-0.39, 0.29) is 25.2 Å². The minimum Gasteiger partial charge on any atom is -0.394 e. The van der Waals surface area contributed by atoms with Gasteiger partial charge >= 0.3 is 6.03 Å². The van der Waals surface area contributed by atoms with Gasteiger partial charge in [-0.05, 0) is 31.5 Å². The first-order valence-electron chi connectivity index (χ1n) is 6.52. The van der Waals surface area contributed by atoms with Crippen molar-refractivity contribution in [3.8, 4) is 0 Å². The Labute approximate surface area is 127 Å². The van der Waals surface area contributed by atoms with Crippen molar-refractivity contribution < 1.29 is 15.0 Å². The molecule has 2 atom stereocenters. The lowest BCUT2D eigenvalue weighted by Crippen LogP contribution is -2.49. The molecule has 0 aromatic heterocycles. The predicted octanol–water partition coefficient (Wildman–Crippen LogP) is 1.72. The van der Waals surface area contributed by atoms with Crippen molar-refractivity contribution in [1.29, 1.82) is 0 Å². The highest BCUT2D eigenvalue weighted by Gasteiger charge is 2.20. The molecule has 0 saturated heterocycles. The van der Waals surface area contributed by atoms with Gasteiger partial charge in [-0.2, -0.15) is 0 Å². The lowest BCUT2D eigenvalue weighted by atomic mass is 10.2. The highest BCUT2D eigenvalue weighted by molar-refractivity contribution is 9.10. The SMILES string of the molecule is C[C@H](O)CN(C(=O)NCc1ccc(Br)cc1)[C@@H](C)CO. The van der Waals surface area contributed by atoms with Gasteiger partial charge in [0, 0.05) is 17.6 Å². The summed E-state index contributed by atoms with van der Waals surface area (Å²) >= 11 is 3.35. The third-order valence-corrected chi connectivity index (χ3v) is 3.40. The third kappa shape index (κ3) is 5.48. The average Bonchev–Trinajstić information content (AvgIpc) is 2.42. The van der Waals surface area contributed by atoms with E-state index in [1.807, 2.05) is 24.3 Å². The van der Waals surface area contributed by atoms with Crippen LogP contribution < -0.4 is 5.32 Å². The summed E-state index contributed by atoms with van der Waals surface area (Å²) in [6.45, 7) is 3.80. The van der Waals surface area contributed by atoms with Crippen LogP contribution in [0.3, 0.4) is 0 Å². The predicted molar refractivity (Wildman–Crippen MR) is 81.3 cm³/mol. The molecule has 0 aliphatic rings. The molecule has 0 spiro atoms. The van der Waals surface area contributed by atoms with E-state index in [9.17, 15) is 15.0 Å². The summed E-state index contributed by atoms with van der Waals surface area (Å²) in [4.78, 5) is 13.5. The first-order chi connectivity index (χ1) is 9.43. The highest BCUT2D eigenvalue weighted by Crippen LogP contribution is 2.10. The van der Waals surface area contributed by atoms with E-state index in [0.717, 1.165) is 10.0 Å². The fourth-order valence-corrected chi connectivity index (χ4v) is 1.99. The third-order valence-electron chi connectivity index (χ3n) is 2.88. The normalized spacial score (nSPS) is 13.7. The summed E-state index contributed by atoms with van der Waals surface area (Å²) in [7, 11) is 0. The van der Waals surface area contributed by atoms with Gasteiger partial charge in [-0.3, -0.25) is 0 Å². The minimum atomic E-state index is -0.637. The van der Waals surface area contributed by atoms with Crippen molar-refractivity contribution in [3.63, 3.8) is 0 Å². The van der Waals surface area contributed by atoms with Crippen LogP contribution in [-0.2, 0) is 6.54 Å². The van der Waals surface area contributed by atoms with Crippen LogP contribution in [0.2, 0.25) is 0 Å². The van der Waals surface area contributed by atoms with Gasteiger partial charge in [-0.25, -0.2) is 4.79 Å². The molecule has 6 heteroatoms. The molecule has 0 radical (unpaired) electrons. The molecule has 3 N–H and O–H groups in total. The molecule has 5 nitrogen and oxygen atoms in total. The summed E-state index contributed by atoms with van der Waals surface area (Å²) in [6, 6.07) is 7.01. The monoisotopic (exact) mass is 344 g/mol. The standard InChI is InChI=1S/C14H21BrN2O3/c1-10(9-18)17(8-11(2)19)14(20)16-7-12-3-5-13(15)6-4-12/h3-6,10-11,18-19H,7-9H2,1-2H3,(H,16,20)/t10-,11-/m0/s1. The van der Waals surface area contributed by atoms with Crippen LogP contribution in [-0.4, -0.2) is 46.4 Å². The molecular formula is C14H21BrN2O3. The van der Waals surface area contributed by atoms with Gasteiger partial charge in [0.15, 0.2) is 0 Å². The quantitative estimate of drug-likeness (QED) is 0.735. The second-order valence-electron chi connectivity index (χ2n) is 4.82. The Morgan fingerprint density at radius 3 is 2.45 bits per heavy atom. The highest BCUT2D eigenvalue weighted by atomic mass is 79.9. The zero-order valence-electron chi connectivity index (χ0n) is 11.7. The van der Waals surface area contributed by atoms with E-state index in [1.165, 1.54) is 4.90 Å². The van der Waals surface area contributed by atoms with E-state index in [0.29, 0.717) is 6.54 Å². The topological polar surface area (TPSA) is 72.8 Å². The van der Waals surface area contributed by atoms with Gasteiger partial charge in [0.05, 0.1) is 18.8 Å². The maximum atomic E-state index is 12.1. The number of urea groups is 1. The molecule has 0 saturated carbocycles. The molecule has 112 valence electrons. The van der Waals surface area contributed by atoms with E-state index >= 15 is 0 Å². The Morgan fingerprint density at radius 2 is 1.95 bits per heavy atom. The maximum Gasteiger partial charge on any atom is 0.318 e. The largest absolute Gasteiger partial charge is 0.394 e. The number of nitrogens with zero attached hydrogens (tertiary/aromatic N) is 1. The molecular weight excluding hydrogens is 324 g/mol. The number of aliphatic hydroxyl groups is 2. The van der Waals surface area contributed by atoms with Crippen LogP contribution in [0.4, 0.5) is 4.79 Å². The number of amides is 2. The molecule has 1 aromatic rings. The summed E-state index contributed by atoms with van der Waals surface area (Å²) in [5.41, 5.74) is 0.982. The van der Waals surface area contributed by atoms with Crippen LogP contribution >= 0.6 is 15.9 Å². The number of carbonyl (C=O) groups is 1. The number of carbonyl (C=O) groups excluding carboxylic acids is 1. The molecule has 0 unspecified atom stereocenters. The lowest BCUT2D eigenvalue weighted by Gasteiger charge is -2.29. The van der Waals surface area contributed by atoms with Crippen molar-refractivity contribution in [1.82, 2.24) is 10.2 Å². The van der Waals surface area contributed by atoms with Crippen molar-refractivity contribution in [2.75, 3.05) is 13.2 Å². The van der Waals surface area contributed by atoms with Gasteiger partial charge in [-0.15, -0.1) is 0 Å². The molecule has 0 aliphatic carbocycles. The van der Waals surface area contributed by atoms with Crippen molar-refractivity contribution in [3.05, 3.63) is 34.3 Å². The van der Waals surface area contributed by atoms with Crippen LogP contribution in [0.1, 0.15) is 19.4 Å². The summed E-state index contributed by atoms with van der Waals surface area (Å²) in [5, 5.41) is 21.4. The number of aliphatic hydroxyl groups excluding tert-OH is 2. The number of nitrogens with one attached hydrogen (secondary N) is 1. The molecule has 0 bridgehead atoms. The molecule has 20 heavy (non-hydrogen) atoms. The van der Waals surface area contributed by atoms with Gasteiger partial charge in [0.1, 0.15) is 0 Å². The smallest absolute Gasteiger partial charge is 0.318 e. The van der Waals surface area contributed by atoms with Crippen molar-refractivity contribution >= 4 is 22.0 Å². The number of benzene rings is 1. The second kappa shape index (κ2) is 8.24. The second-order valence-corrected chi connectivity index (χ2v) is 5.73. The molecule has 1 aromatic carbocycles. The van der Waals surface area contributed by atoms with Gasteiger partial charge in [0.25, 0.3) is 0 Å². The lowest BCUT2D eigenvalue weighted by molar-refractivity contribution is 0.0936. The van der Waals surface area contributed by atoms with Crippen LogP contribution in [0, 0.1) is 0 Å². The zero-order valence-corrected chi connectivity index (χ0v) is 13.3. The van der Waals surface area contributed by atoms with E-state index in [2.05, 4.69) is 21.2 Å². The minimum absolute atomic E-state index is 0.140. The number of hydrogen-bond acceptors (Lipinski definition) is 3. The Hall–Kier alpha value is -1.11. The van der Waals surface area contributed by atoms with Crippen molar-refractivity contribution in [2.45, 2.75) is 32.5 Å². The van der Waals surface area contributed by atoms with E-state index < -0.39 is 6.10 Å². The molecule has 1 rings (SSSR count). The Kier molecular flexibility index (Phi) is 6.98. The van der Waals surface area contributed by atoms with Crippen molar-refractivity contribution in [2.24, 2.45) is 0 Å². The fraction of sp³-hybridized carbons (Fsp3) is 0.500. The summed E-state index contributed by atoms with van der Waals surface area (Å²) < 4.78 is 0.984. The van der Waals surface area contributed by atoms with E-state index in [4.69, 9.17) is 0 Å². The number of hydrogen-bond donors (Lipinski definition) is 3. The summed E-state index contributed by atoms with van der Waals surface area (Å²) in [5.74, 6) is 0. The zero-order chi connectivity index (χ0) is 15.1. The maximum absolute atomic E-state index is 12.1. The molecule has 2 amide bonds. The first kappa shape index (κ1) is 16.9. The van der Waals surface area contributed by atoms with Crippen LogP contribution in [0.5, 0.6) is 0 Å². The summed E-state index contributed by atoms with van der Waals surface area (Å²) in [6.07, 6.45) is -0.637.